The van der Waals surface area contributed by atoms with Crippen molar-refractivity contribution in [1.82, 2.24) is 15.0 Å². The van der Waals surface area contributed by atoms with Crippen LogP contribution in [0, 0.1) is 0 Å². The molecule has 1 unspecified atom stereocenters. The molecule has 1 heterocycles. The van der Waals surface area contributed by atoms with Gasteiger partial charge in [0.25, 0.3) is 0 Å². The minimum absolute atomic E-state index is 0.154. The van der Waals surface area contributed by atoms with Crippen molar-refractivity contribution in [1.29, 1.82) is 0 Å². The van der Waals surface area contributed by atoms with Crippen LogP contribution in [-0.4, -0.2) is 26.7 Å². The van der Waals surface area contributed by atoms with Crippen LogP contribution in [0.4, 0.5) is 0 Å². The molecular formula is C10H13N3O. The lowest BCUT2D eigenvalue weighted by Gasteiger charge is -2.07. The van der Waals surface area contributed by atoms with Crippen molar-refractivity contribution < 1.29 is 5.11 Å². The van der Waals surface area contributed by atoms with Gasteiger partial charge in [-0.2, -0.15) is 0 Å². The van der Waals surface area contributed by atoms with Gasteiger partial charge in [-0.3, -0.25) is 0 Å². The number of hydrogen-bond acceptors (Lipinski definition) is 3. The number of hydrogen-bond donors (Lipinski definition) is 1. The topological polar surface area (TPSA) is 50.9 Å². The molecule has 0 saturated heterocycles. The summed E-state index contributed by atoms with van der Waals surface area (Å²) < 4.78 is 1.74. The van der Waals surface area contributed by atoms with E-state index in [0.717, 1.165) is 16.6 Å². The third kappa shape index (κ3) is 1.37. The number of fused-ring (bicyclic) bond motifs is 1. The van der Waals surface area contributed by atoms with Gasteiger partial charge in [0.05, 0.1) is 5.52 Å². The Bertz CT molecular complexity index is 450. The third-order valence-electron chi connectivity index (χ3n) is 2.48. The average Bonchev–Trinajstić information content (AvgIpc) is 2.59. The fourth-order valence-electron chi connectivity index (χ4n) is 1.47. The molecule has 0 saturated carbocycles. The summed E-state index contributed by atoms with van der Waals surface area (Å²) in [5, 5.41) is 17.0. The van der Waals surface area contributed by atoms with Gasteiger partial charge in [0.2, 0.25) is 0 Å². The van der Waals surface area contributed by atoms with E-state index in [0.29, 0.717) is 0 Å². The van der Waals surface area contributed by atoms with Gasteiger partial charge < -0.3 is 5.11 Å². The van der Waals surface area contributed by atoms with Gasteiger partial charge in [-0.05, 0) is 17.7 Å². The summed E-state index contributed by atoms with van der Waals surface area (Å²) in [6.45, 7) is 2.14. The van der Waals surface area contributed by atoms with Crippen molar-refractivity contribution in [2.75, 3.05) is 6.61 Å². The van der Waals surface area contributed by atoms with Crippen molar-refractivity contribution in [2.24, 2.45) is 7.05 Å². The van der Waals surface area contributed by atoms with E-state index >= 15 is 0 Å². The summed E-state index contributed by atoms with van der Waals surface area (Å²) in [6, 6.07) is 5.96. The smallest absolute Gasteiger partial charge is 0.113 e. The maximum atomic E-state index is 9.02. The van der Waals surface area contributed by atoms with E-state index in [1.165, 1.54) is 0 Å². The largest absolute Gasteiger partial charge is 0.396 e. The minimum atomic E-state index is 0.154. The molecule has 0 aliphatic rings. The quantitative estimate of drug-likeness (QED) is 0.772. The Hall–Kier alpha value is -1.42. The first kappa shape index (κ1) is 9.15. The summed E-state index contributed by atoms with van der Waals surface area (Å²) in [5.41, 5.74) is 2.99. The number of aliphatic hydroxyl groups is 1. The second-order valence-corrected chi connectivity index (χ2v) is 3.54. The van der Waals surface area contributed by atoms with Gasteiger partial charge in [-0.25, -0.2) is 4.68 Å². The fraction of sp³-hybridized carbons (Fsp3) is 0.400. The van der Waals surface area contributed by atoms with Crippen LogP contribution in [-0.2, 0) is 7.05 Å². The van der Waals surface area contributed by atoms with Crippen molar-refractivity contribution in [3.05, 3.63) is 23.8 Å². The molecule has 4 heteroatoms. The lowest BCUT2D eigenvalue weighted by Crippen LogP contribution is -1.98. The minimum Gasteiger partial charge on any atom is -0.396 e. The molecule has 0 bridgehead atoms. The third-order valence-corrected chi connectivity index (χ3v) is 2.48. The first-order valence-electron chi connectivity index (χ1n) is 4.62. The normalized spacial score (nSPS) is 13.4. The van der Waals surface area contributed by atoms with Crippen LogP contribution in [0.5, 0.6) is 0 Å². The second-order valence-electron chi connectivity index (χ2n) is 3.54. The first-order chi connectivity index (χ1) is 6.72. The molecule has 1 aromatic carbocycles. The van der Waals surface area contributed by atoms with Crippen LogP contribution < -0.4 is 0 Å². The molecule has 1 aromatic heterocycles. The molecule has 4 nitrogen and oxygen atoms in total. The van der Waals surface area contributed by atoms with Crippen LogP contribution >= 0.6 is 0 Å². The predicted octanol–water partition coefficient (Wildman–Crippen LogP) is 1.06. The Balaban J connectivity index is 2.52. The molecule has 2 rings (SSSR count). The molecule has 0 fully saturated rings. The average molecular weight is 191 g/mol. The lowest BCUT2D eigenvalue weighted by atomic mass is 10.0. The van der Waals surface area contributed by atoms with E-state index in [-0.39, 0.29) is 12.5 Å². The molecular weight excluding hydrogens is 178 g/mol. The van der Waals surface area contributed by atoms with Gasteiger partial charge >= 0.3 is 0 Å². The first-order valence-corrected chi connectivity index (χ1v) is 4.62. The van der Waals surface area contributed by atoms with Crippen LogP contribution in [0.2, 0.25) is 0 Å². The van der Waals surface area contributed by atoms with E-state index in [9.17, 15) is 0 Å². The van der Waals surface area contributed by atoms with Crippen LogP contribution in [0.15, 0.2) is 18.2 Å². The summed E-state index contributed by atoms with van der Waals surface area (Å²) in [5.74, 6) is 0.154. The SMILES string of the molecule is CC(CO)c1ccc2c(c1)nnn2C. The molecule has 1 atom stereocenters. The highest BCUT2D eigenvalue weighted by atomic mass is 16.3. The second kappa shape index (κ2) is 3.38. The van der Waals surface area contributed by atoms with Gasteiger partial charge in [-0.1, -0.05) is 18.2 Å². The molecule has 0 aliphatic carbocycles. The van der Waals surface area contributed by atoms with Crippen LogP contribution in [0.25, 0.3) is 11.0 Å². The summed E-state index contributed by atoms with van der Waals surface area (Å²) in [4.78, 5) is 0. The van der Waals surface area contributed by atoms with E-state index in [4.69, 9.17) is 5.11 Å². The summed E-state index contributed by atoms with van der Waals surface area (Å²) in [7, 11) is 1.87. The highest BCUT2D eigenvalue weighted by molar-refractivity contribution is 5.75. The van der Waals surface area contributed by atoms with Gasteiger partial charge in [0.1, 0.15) is 5.52 Å². The zero-order valence-electron chi connectivity index (χ0n) is 8.31. The molecule has 2 aromatic rings. The number of rotatable bonds is 2. The zero-order chi connectivity index (χ0) is 10.1. The number of nitrogens with zero attached hydrogens (tertiary/aromatic N) is 3. The number of aryl methyl sites for hydroxylation is 1. The fourth-order valence-corrected chi connectivity index (χ4v) is 1.47. The summed E-state index contributed by atoms with van der Waals surface area (Å²) >= 11 is 0. The van der Waals surface area contributed by atoms with Gasteiger partial charge in [0, 0.05) is 19.6 Å². The lowest BCUT2D eigenvalue weighted by molar-refractivity contribution is 0.273. The van der Waals surface area contributed by atoms with E-state index in [2.05, 4.69) is 10.3 Å². The molecule has 0 amide bonds. The number of benzene rings is 1. The molecule has 0 spiro atoms. The van der Waals surface area contributed by atoms with Crippen molar-refractivity contribution >= 4 is 11.0 Å². The Morgan fingerprint density at radius 1 is 1.50 bits per heavy atom. The molecule has 1 N–H and O–H groups in total. The Labute approximate surface area is 82.2 Å². The van der Waals surface area contributed by atoms with Gasteiger partial charge in [0.15, 0.2) is 0 Å². The molecule has 0 aliphatic heterocycles. The number of aliphatic hydroxyl groups excluding tert-OH is 1. The molecule has 14 heavy (non-hydrogen) atoms. The molecule has 74 valence electrons. The van der Waals surface area contributed by atoms with Crippen molar-refractivity contribution in [3.8, 4) is 0 Å². The van der Waals surface area contributed by atoms with E-state index in [1.54, 1.807) is 4.68 Å². The molecule has 0 radical (unpaired) electrons. The zero-order valence-corrected chi connectivity index (χ0v) is 8.31. The van der Waals surface area contributed by atoms with E-state index < -0.39 is 0 Å². The van der Waals surface area contributed by atoms with Gasteiger partial charge in [-0.15, -0.1) is 5.10 Å². The van der Waals surface area contributed by atoms with Crippen molar-refractivity contribution in [2.45, 2.75) is 12.8 Å². The predicted molar refractivity (Wildman–Crippen MR) is 54.0 cm³/mol. The monoisotopic (exact) mass is 191 g/mol. The Morgan fingerprint density at radius 2 is 2.29 bits per heavy atom. The Kier molecular flexibility index (Phi) is 2.21. The highest BCUT2D eigenvalue weighted by Crippen LogP contribution is 2.19. The number of aromatic nitrogens is 3. The van der Waals surface area contributed by atoms with E-state index in [1.807, 2.05) is 32.2 Å². The van der Waals surface area contributed by atoms with Crippen molar-refractivity contribution in [3.63, 3.8) is 0 Å². The van der Waals surface area contributed by atoms with Crippen LogP contribution in [0.1, 0.15) is 18.4 Å². The van der Waals surface area contributed by atoms with Crippen LogP contribution in [0.3, 0.4) is 0 Å². The standard InChI is InChI=1S/C10H13N3O/c1-7(6-14)8-3-4-10-9(5-8)11-12-13(10)2/h3-5,7,14H,6H2,1-2H3. The maximum absolute atomic E-state index is 9.02. The maximum Gasteiger partial charge on any atom is 0.113 e. The Morgan fingerprint density at radius 3 is 3.00 bits per heavy atom. The summed E-state index contributed by atoms with van der Waals surface area (Å²) in [6.07, 6.45) is 0. The highest BCUT2D eigenvalue weighted by Gasteiger charge is 2.07.